The van der Waals surface area contributed by atoms with Gasteiger partial charge in [-0.2, -0.15) is 0 Å². The van der Waals surface area contributed by atoms with Crippen molar-refractivity contribution in [2.24, 2.45) is 5.14 Å². The van der Waals surface area contributed by atoms with Crippen LogP contribution in [0.25, 0.3) is 0 Å². The number of nitrogens with two attached hydrogens (primary N) is 2. The lowest BCUT2D eigenvalue weighted by Gasteiger charge is -2.09. The van der Waals surface area contributed by atoms with E-state index < -0.39 is 10.0 Å². The van der Waals surface area contributed by atoms with E-state index in [2.05, 4.69) is 10.3 Å². The second kappa shape index (κ2) is 5.89. The highest BCUT2D eigenvalue weighted by Crippen LogP contribution is 2.19. The Kier molecular flexibility index (Phi) is 4.21. The Morgan fingerprint density at radius 3 is 2.50 bits per heavy atom. The largest absolute Gasteiger partial charge is 0.399 e. The lowest BCUT2D eigenvalue weighted by molar-refractivity contribution is 0.598. The summed E-state index contributed by atoms with van der Waals surface area (Å²) in [6.45, 7) is 0.650. The Bertz CT molecular complexity index is 687. The van der Waals surface area contributed by atoms with Gasteiger partial charge in [0.25, 0.3) is 0 Å². The van der Waals surface area contributed by atoms with Crippen molar-refractivity contribution in [1.82, 2.24) is 4.98 Å². The van der Waals surface area contributed by atoms with Gasteiger partial charge in [0, 0.05) is 30.3 Å². The molecule has 5 N–H and O–H groups in total. The van der Waals surface area contributed by atoms with E-state index in [1.807, 2.05) is 12.1 Å². The Morgan fingerprint density at radius 1 is 1.15 bits per heavy atom. The summed E-state index contributed by atoms with van der Waals surface area (Å²) >= 11 is 0. The minimum atomic E-state index is -3.75. The summed E-state index contributed by atoms with van der Waals surface area (Å²) in [7, 11) is -3.75. The van der Waals surface area contributed by atoms with Crippen molar-refractivity contribution in [1.29, 1.82) is 0 Å². The van der Waals surface area contributed by atoms with Crippen molar-refractivity contribution in [3.8, 4) is 0 Å². The number of hydrogen-bond donors (Lipinski definition) is 3. The number of rotatable bonds is 5. The van der Waals surface area contributed by atoms with Crippen LogP contribution in [-0.2, 0) is 16.4 Å². The summed E-state index contributed by atoms with van der Waals surface area (Å²) in [5.41, 5.74) is 7.79. The van der Waals surface area contributed by atoms with Crippen LogP contribution in [-0.4, -0.2) is 19.9 Å². The fourth-order valence-corrected chi connectivity index (χ4v) is 2.38. The number of benzene rings is 1. The van der Waals surface area contributed by atoms with E-state index in [0.29, 0.717) is 17.9 Å². The van der Waals surface area contributed by atoms with Crippen LogP contribution in [0.4, 0.5) is 11.4 Å². The topological polar surface area (TPSA) is 111 Å². The van der Waals surface area contributed by atoms with Crippen LogP contribution in [0.15, 0.2) is 47.6 Å². The Labute approximate surface area is 117 Å². The van der Waals surface area contributed by atoms with Gasteiger partial charge in [-0.15, -0.1) is 0 Å². The Morgan fingerprint density at radius 2 is 1.85 bits per heavy atom. The number of pyridine rings is 1. The molecular formula is C13H16N4O2S. The predicted octanol–water partition coefficient (Wildman–Crippen LogP) is 0.966. The predicted molar refractivity (Wildman–Crippen MR) is 78.7 cm³/mol. The Balaban J connectivity index is 2.05. The molecule has 7 heteroatoms. The number of sulfonamides is 1. The van der Waals surface area contributed by atoms with Crippen molar-refractivity contribution in [2.45, 2.75) is 11.3 Å². The molecule has 0 spiro atoms. The van der Waals surface area contributed by atoms with E-state index in [1.165, 1.54) is 12.1 Å². The van der Waals surface area contributed by atoms with Crippen LogP contribution < -0.4 is 16.2 Å². The average molecular weight is 292 g/mol. The minimum absolute atomic E-state index is 0.00362. The number of primary sulfonamides is 1. The van der Waals surface area contributed by atoms with Crippen LogP contribution in [0.3, 0.4) is 0 Å². The van der Waals surface area contributed by atoms with Crippen LogP contribution in [0.5, 0.6) is 0 Å². The summed E-state index contributed by atoms with van der Waals surface area (Å²) in [5.74, 6) is 0. The van der Waals surface area contributed by atoms with Gasteiger partial charge in [0.05, 0.1) is 4.90 Å². The number of nitrogen functional groups attached to an aromatic ring is 1. The maximum atomic E-state index is 11.3. The van der Waals surface area contributed by atoms with Crippen LogP contribution in [0, 0.1) is 0 Å². The van der Waals surface area contributed by atoms with E-state index in [0.717, 1.165) is 12.0 Å². The number of hydrogen-bond acceptors (Lipinski definition) is 5. The van der Waals surface area contributed by atoms with E-state index in [9.17, 15) is 8.42 Å². The highest BCUT2D eigenvalue weighted by atomic mass is 32.2. The third-order valence-electron chi connectivity index (χ3n) is 2.75. The van der Waals surface area contributed by atoms with Gasteiger partial charge < -0.3 is 11.1 Å². The third kappa shape index (κ3) is 3.94. The van der Waals surface area contributed by atoms with Gasteiger partial charge >= 0.3 is 0 Å². The molecule has 106 valence electrons. The SMILES string of the molecule is Nc1cc(NCCc2ccncc2)cc(S(N)(=O)=O)c1. The van der Waals surface area contributed by atoms with Gasteiger partial charge in [0.2, 0.25) is 10.0 Å². The van der Waals surface area contributed by atoms with Crippen LogP contribution >= 0.6 is 0 Å². The molecule has 0 aliphatic rings. The van der Waals surface area contributed by atoms with Gasteiger partial charge in [-0.05, 0) is 42.3 Å². The molecule has 0 bridgehead atoms. The summed E-state index contributed by atoms with van der Waals surface area (Å²) in [4.78, 5) is 3.95. The van der Waals surface area contributed by atoms with Gasteiger partial charge in [0.15, 0.2) is 0 Å². The normalized spacial score (nSPS) is 11.2. The molecule has 2 rings (SSSR count). The lowest BCUT2D eigenvalue weighted by atomic mass is 10.2. The molecule has 0 saturated carbocycles. The van der Waals surface area contributed by atoms with Gasteiger partial charge in [-0.25, -0.2) is 13.6 Å². The molecule has 1 aromatic carbocycles. The molecular weight excluding hydrogens is 276 g/mol. The highest BCUT2D eigenvalue weighted by molar-refractivity contribution is 7.89. The molecule has 2 aromatic rings. The molecule has 0 fully saturated rings. The highest BCUT2D eigenvalue weighted by Gasteiger charge is 2.09. The second-order valence-corrected chi connectivity index (χ2v) is 5.93. The smallest absolute Gasteiger partial charge is 0.238 e. The van der Waals surface area contributed by atoms with E-state index in [4.69, 9.17) is 10.9 Å². The lowest BCUT2D eigenvalue weighted by Crippen LogP contribution is -2.13. The summed E-state index contributed by atoms with van der Waals surface area (Å²) in [6.07, 6.45) is 4.26. The standard InChI is InChI=1S/C13H16N4O2S/c14-11-7-12(9-13(8-11)20(15,18)19)17-6-3-10-1-4-16-5-2-10/h1-2,4-5,7-9,17H,3,6,14H2,(H2,15,18,19). The Hall–Kier alpha value is -2.12. The summed E-state index contributed by atoms with van der Waals surface area (Å²) in [5, 5.41) is 8.22. The average Bonchev–Trinajstić information content (AvgIpc) is 2.38. The molecule has 0 amide bonds. The van der Waals surface area contributed by atoms with E-state index >= 15 is 0 Å². The number of nitrogens with zero attached hydrogens (tertiary/aromatic N) is 1. The van der Waals surface area contributed by atoms with Crippen molar-refractivity contribution >= 4 is 21.4 Å². The molecule has 0 aliphatic heterocycles. The maximum absolute atomic E-state index is 11.3. The molecule has 1 aromatic heterocycles. The zero-order valence-electron chi connectivity index (χ0n) is 10.8. The number of anilines is 2. The minimum Gasteiger partial charge on any atom is -0.399 e. The van der Waals surface area contributed by atoms with Crippen LogP contribution in [0.2, 0.25) is 0 Å². The monoisotopic (exact) mass is 292 g/mol. The zero-order valence-corrected chi connectivity index (χ0v) is 11.6. The van der Waals surface area contributed by atoms with Gasteiger partial charge in [-0.3, -0.25) is 4.98 Å². The first kappa shape index (κ1) is 14.3. The molecule has 1 heterocycles. The van der Waals surface area contributed by atoms with Crippen molar-refractivity contribution in [2.75, 3.05) is 17.6 Å². The first-order valence-electron chi connectivity index (χ1n) is 6.01. The molecule has 6 nitrogen and oxygen atoms in total. The van der Waals surface area contributed by atoms with Gasteiger partial charge in [0.1, 0.15) is 0 Å². The van der Waals surface area contributed by atoms with Crippen molar-refractivity contribution in [3.05, 3.63) is 48.3 Å². The van der Waals surface area contributed by atoms with Gasteiger partial charge in [-0.1, -0.05) is 0 Å². The quantitative estimate of drug-likeness (QED) is 0.711. The maximum Gasteiger partial charge on any atom is 0.238 e. The first-order chi connectivity index (χ1) is 9.45. The third-order valence-corrected chi connectivity index (χ3v) is 3.64. The molecule has 0 radical (unpaired) electrons. The van der Waals surface area contributed by atoms with E-state index in [1.54, 1.807) is 18.5 Å². The summed E-state index contributed by atoms with van der Waals surface area (Å²) in [6, 6.07) is 8.33. The number of nitrogens with one attached hydrogen (secondary N) is 1. The molecule has 0 unspecified atom stereocenters. The second-order valence-electron chi connectivity index (χ2n) is 4.37. The molecule has 0 saturated heterocycles. The van der Waals surface area contributed by atoms with E-state index in [-0.39, 0.29) is 4.90 Å². The summed E-state index contributed by atoms with van der Waals surface area (Å²) < 4.78 is 22.6. The first-order valence-corrected chi connectivity index (χ1v) is 7.56. The fraction of sp³-hybridized carbons (Fsp3) is 0.154. The fourth-order valence-electron chi connectivity index (χ4n) is 1.79. The molecule has 0 atom stereocenters. The zero-order chi connectivity index (χ0) is 14.6. The van der Waals surface area contributed by atoms with Crippen LogP contribution in [0.1, 0.15) is 5.56 Å². The van der Waals surface area contributed by atoms with Crippen molar-refractivity contribution < 1.29 is 8.42 Å². The molecule has 0 aliphatic carbocycles. The number of aromatic nitrogens is 1. The van der Waals surface area contributed by atoms with Crippen molar-refractivity contribution in [3.63, 3.8) is 0 Å². The molecule has 20 heavy (non-hydrogen) atoms.